The molecule has 110 valence electrons. The monoisotopic (exact) mass is 319 g/mol. The molecule has 3 nitrogen and oxygen atoms in total. The van der Waals surface area contributed by atoms with Crippen molar-refractivity contribution in [3.63, 3.8) is 0 Å². The van der Waals surface area contributed by atoms with Gasteiger partial charge in [-0.25, -0.2) is 13.1 Å². The van der Waals surface area contributed by atoms with E-state index >= 15 is 0 Å². The minimum Gasteiger partial charge on any atom is -0.211 e. The highest BCUT2D eigenvalue weighted by atomic mass is 32.2. The van der Waals surface area contributed by atoms with Crippen molar-refractivity contribution in [3.05, 3.63) is 63.7 Å². The normalized spacial score (nSPS) is 17.1. The first kappa shape index (κ1) is 14.5. The molecule has 1 aliphatic rings. The summed E-state index contributed by atoms with van der Waals surface area (Å²) in [6.07, 6.45) is 3.73. The molecule has 0 aliphatic heterocycles. The van der Waals surface area contributed by atoms with Crippen LogP contribution in [-0.2, 0) is 15.4 Å². The Labute approximate surface area is 129 Å². The molecular weight excluding hydrogens is 302 g/mol. The van der Waals surface area contributed by atoms with Crippen molar-refractivity contribution in [2.45, 2.75) is 18.3 Å². The molecule has 1 aromatic heterocycles. The van der Waals surface area contributed by atoms with E-state index in [1.165, 1.54) is 10.3 Å². The van der Waals surface area contributed by atoms with Gasteiger partial charge in [0, 0.05) is 22.2 Å². The van der Waals surface area contributed by atoms with E-state index < -0.39 is 10.0 Å². The molecule has 21 heavy (non-hydrogen) atoms. The maximum atomic E-state index is 12.1. The zero-order valence-electron chi connectivity index (χ0n) is 11.5. The molecule has 1 aromatic carbocycles. The van der Waals surface area contributed by atoms with Crippen LogP contribution < -0.4 is 4.72 Å². The quantitative estimate of drug-likeness (QED) is 0.887. The molecule has 0 saturated heterocycles. The molecule has 3 rings (SSSR count). The average molecular weight is 319 g/mol. The Balaban J connectivity index is 1.64. The third kappa shape index (κ3) is 3.61. The Hall–Kier alpha value is -1.43. The summed E-state index contributed by atoms with van der Waals surface area (Å²) in [4.78, 5) is 1.28. The third-order valence-electron chi connectivity index (χ3n) is 3.75. The minimum atomic E-state index is -3.39. The van der Waals surface area contributed by atoms with Crippen molar-refractivity contribution in [2.75, 3.05) is 6.54 Å². The van der Waals surface area contributed by atoms with Gasteiger partial charge >= 0.3 is 0 Å². The molecule has 1 aliphatic carbocycles. The fourth-order valence-electron chi connectivity index (χ4n) is 2.26. The average Bonchev–Trinajstić information content (AvgIpc) is 3.08. The third-order valence-corrected chi connectivity index (χ3v) is 5.91. The molecule has 0 atom stereocenters. The molecule has 2 aromatic rings. The van der Waals surface area contributed by atoms with Crippen molar-refractivity contribution in [2.24, 2.45) is 0 Å². The Morgan fingerprint density at radius 3 is 2.52 bits per heavy atom. The van der Waals surface area contributed by atoms with E-state index in [2.05, 4.69) is 10.8 Å². The number of thiophene rings is 1. The summed E-state index contributed by atoms with van der Waals surface area (Å²) in [6.45, 7) is 0.481. The maximum Gasteiger partial charge on any atom is 0.233 e. The van der Waals surface area contributed by atoms with Crippen molar-refractivity contribution >= 4 is 27.4 Å². The van der Waals surface area contributed by atoms with Gasteiger partial charge in [0.15, 0.2) is 0 Å². The van der Waals surface area contributed by atoms with Crippen LogP contribution in [0, 0.1) is 0 Å². The second-order valence-corrected chi connectivity index (χ2v) is 7.94. The first-order valence-corrected chi connectivity index (χ1v) is 9.29. The lowest BCUT2D eigenvalue weighted by atomic mass is 10.1. The number of rotatable bonds is 6. The zero-order valence-corrected chi connectivity index (χ0v) is 13.2. The van der Waals surface area contributed by atoms with Crippen LogP contribution in [0.4, 0.5) is 0 Å². The van der Waals surface area contributed by atoms with Crippen molar-refractivity contribution in [1.82, 2.24) is 4.72 Å². The van der Waals surface area contributed by atoms with Crippen LogP contribution >= 0.6 is 11.3 Å². The molecule has 0 bridgehead atoms. The summed E-state index contributed by atoms with van der Waals surface area (Å²) in [5.74, 6) is 0. The Bertz CT molecular complexity index is 715. The van der Waals surface area contributed by atoms with E-state index in [1.807, 2.05) is 41.8 Å². The molecule has 1 N–H and O–H groups in total. The van der Waals surface area contributed by atoms with Crippen molar-refractivity contribution < 1.29 is 8.42 Å². The van der Waals surface area contributed by atoms with Gasteiger partial charge in [-0.2, -0.15) is 0 Å². The van der Waals surface area contributed by atoms with Crippen LogP contribution in [0.2, 0.25) is 0 Å². The molecular formula is C16H17NO2S2. The topological polar surface area (TPSA) is 46.2 Å². The second kappa shape index (κ2) is 5.75. The number of hydrogen-bond donors (Lipinski definition) is 1. The predicted octanol–water partition coefficient (Wildman–Crippen LogP) is 3.37. The fraction of sp³-hybridized carbons (Fsp3) is 0.250. The molecule has 0 spiro atoms. The van der Waals surface area contributed by atoms with E-state index in [0.717, 1.165) is 18.4 Å². The van der Waals surface area contributed by atoms with E-state index in [-0.39, 0.29) is 5.41 Å². The Morgan fingerprint density at radius 1 is 1.14 bits per heavy atom. The highest BCUT2D eigenvalue weighted by Crippen LogP contribution is 2.49. The van der Waals surface area contributed by atoms with Crippen LogP contribution in [-0.4, -0.2) is 15.0 Å². The molecule has 0 radical (unpaired) electrons. The van der Waals surface area contributed by atoms with Crippen LogP contribution in [0.25, 0.3) is 6.08 Å². The van der Waals surface area contributed by atoms with Gasteiger partial charge in [0.2, 0.25) is 10.0 Å². The summed E-state index contributed by atoms with van der Waals surface area (Å²) in [5, 5.41) is 3.28. The molecule has 1 fully saturated rings. The van der Waals surface area contributed by atoms with Crippen molar-refractivity contribution in [1.29, 1.82) is 0 Å². The lowest BCUT2D eigenvalue weighted by Gasteiger charge is -2.13. The van der Waals surface area contributed by atoms with Gasteiger partial charge in [-0.1, -0.05) is 36.4 Å². The summed E-state index contributed by atoms with van der Waals surface area (Å²) in [5.41, 5.74) is 0.907. The van der Waals surface area contributed by atoms with Gasteiger partial charge < -0.3 is 0 Å². The summed E-state index contributed by atoms with van der Waals surface area (Å²) in [6, 6.07) is 13.5. The predicted molar refractivity (Wildman–Crippen MR) is 87.6 cm³/mol. The van der Waals surface area contributed by atoms with E-state index in [1.54, 1.807) is 17.4 Å². The standard InChI is InChI=1S/C16H17NO2S2/c18-21(19,12-8-14-5-2-1-3-6-14)17-13-16(9-10-16)15-7-4-11-20-15/h1-8,11-12,17H,9-10,13H2. The molecule has 0 unspecified atom stereocenters. The lowest BCUT2D eigenvalue weighted by molar-refractivity contribution is 0.577. The number of hydrogen-bond acceptors (Lipinski definition) is 3. The van der Waals surface area contributed by atoms with Crippen LogP contribution in [0.15, 0.2) is 53.3 Å². The van der Waals surface area contributed by atoms with Gasteiger partial charge in [0.25, 0.3) is 0 Å². The maximum absolute atomic E-state index is 12.1. The fourth-order valence-corrected chi connectivity index (χ4v) is 4.16. The van der Waals surface area contributed by atoms with E-state index in [4.69, 9.17) is 0 Å². The van der Waals surface area contributed by atoms with Gasteiger partial charge in [0.05, 0.1) is 0 Å². The van der Waals surface area contributed by atoms with Crippen molar-refractivity contribution in [3.8, 4) is 0 Å². The Kier molecular flexibility index (Phi) is 3.97. The molecule has 5 heteroatoms. The second-order valence-electron chi connectivity index (χ2n) is 5.34. The van der Waals surface area contributed by atoms with Gasteiger partial charge in [-0.15, -0.1) is 11.3 Å². The largest absolute Gasteiger partial charge is 0.233 e. The van der Waals surface area contributed by atoms with Gasteiger partial charge in [-0.3, -0.25) is 0 Å². The minimum absolute atomic E-state index is 0.0296. The van der Waals surface area contributed by atoms with E-state index in [9.17, 15) is 8.42 Å². The lowest BCUT2D eigenvalue weighted by Crippen LogP contribution is -2.30. The summed E-state index contributed by atoms with van der Waals surface area (Å²) < 4.78 is 26.8. The number of sulfonamides is 1. The summed E-state index contributed by atoms with van der Waals surface area (Å²) >= 11 is 1.70. The molecule has 1 saturated carbocycles. The highest BCUT2D eigenvalue weighted by Gasteiger charge is 2.45. The number of benzene rings is 1. The molecule has 1 heterocycles. The summed E-state index contributed by atoms with van der Waals surface area (Å²) in [7, 11) is -3.39. The number of nitrogens with one attached hydrogen (secondary N) is 1. The zero-order chi connectivity index (χ0) is 14.8. The van der Waals surface area contributed by atoms with Crippen LogP contribution in [0.1, 0.15) is 23.3 Å². The highest BCUT2D eigenvalue weighted by molar-refractivity contribution is 7.92. The van der Waals surface area contributed by atoms with Gasteiger partial charge in [-0.05, 0) is 35.9 Å². The van der Waals surface area contributed by atoms with Crippen LogP contribution in [0.5, 0.6) is 0 Å². The SMILES string of the molecule is O=S(=O)(C=Cc1ccccc1)NCC1(c2cccs2)CC1. The first-order chi connectivity index (χ1) is 10.1. The smallest absolute Gasteiger partial charge is 0.211 e. The van der Waals surface area contributed by atoms with Gasteiger partial charge in [0.1, 0.15) is 0 Å². The molecule has 0 amide bonds. The Morgan fingerprint density at radius 2 is 1.90 bits per heavy atom. The van der Waals surface area contributed by atoms with E-state index in [0.29, 0.717) is 6.54 Å². The van der Waals surface area contributed by atoms with Crippen LogP contribution in [0.3, 0.4) is 0 Å². The first-order valence-electron chi connectivity index (χ1n) is 6.87.